The summed E-state index contributed by atoms with van der Waals surface area (Å²) in [5, 5.41) is 0. The number of hydrogen-bond acceptors (Lipinski definition) is 3. The smallest absolute Gasteiger partial charge is 0.410 e. The van der Waals surface area contributed by atoms with Crippen LogP contribution in [0.3, 0.4) is 0 Å². The second kappa shape index (κ2) is 3.47. The number of nitrogens with zero attached hydrogens (tertiary/aromatic N) is 1. The summed E-state index contributed by atoms with van der Waals surface area (Å²) >= 11 is 0. The Labute approximate surface area is 95.9 Å². The third-order valence-corrected chi connectivity index (χ3v) is 3.29. The lowest BCUT2D eigenvalue weighted by Gasteiger charge is -2.26. The first-order chi connectivity index (χ1) is 7.35. The number of rotatable bonds is 1. The Morgan fingerprint density at radius 1 is 1.44 bits per heavy atom. The molecule has 0 unspecified atom stereocenters. The van der Waals surface area contributed by atoms with Gasteiger partial charge in [0.2, 0.25) is 0 Å². The maximum absolute atomic E-state index is 11.9. The van der Waals surface area contributed by atoms with Gasteiger partial charge in [-0.1, -0.05) is 0 Å². The van der Waals surface area contributed by atoms with Gasteiger partial charge in [0.1, 0.15) is 11.9 Å². The topological polar surface area (TPSA) is 46.6 Å². The van der Waals surface area contributed by atoms with Crippen LogP contribution >= 0.6 is 0 Å². The molecule has 1 saturated carbocycles. The Kier molecular flexibility index (Phi) is 2.48. The van der Waals surface area contributed by atoms with Crippen molar-refractivity contribution in [2.24, 2.45) is 5.41 Å². The lowest BCUT2D eigenvalue weighted by molar-refractivity contribution is -0.111. The lowest BCUT2D eigenvalue weighted by Crippen LogP contribution is -2.40. The number of carbonyl (C=O) groups is 2. The molecule has 4 nitrogen and oxygen atoms in total. The summed E-state index contributed by atoms with van der Waals surface area (Å²) in [5.41, 5.74) is -0.258. The molecule has 0 aromatic heterocycles. The first-order valence-electron chi connectivity index (χ1n) is 5.80. The summed E-state index contributed by atoms with van der Waals surface area (Å²) in [5.74, 6) is 0. The maximum atomic E-state index is 11.9. The van der Waals surface area contributed by atoms with E-state index in [4.69, 9.17) is 4.74 Å². The fourth-order valence-electron chi connectivity index (χ4n) is 2.28. The van der Waals surface area contributed by atoms with Gasteiger partial charge in [-0.25, -0.2) is 4.79 Å². The zero-order valence-corrected chi connectivity index (χ0v) is 10.2. The Balaban J connectivity index is 2.02. The molecule has 1 amide bonds. The van der Waals surface area contributed by atoms with Crippen molar-refractivity contribution in [3.05, 3.63) is 0 Å². The molecular formula is C12H19NO3. The molecule has 2 rings (SSSR count). The number of hydrogen-bond donors (Lipinski definition) is 0. The highest BCUT2D eigenvalue weighted by molar-refractivity contribution is 5.75. The van der Waals surface area contributed by atoms with Crippen LogP contribution in [0, 0.1) is 5.41 Å². The van der Waals surface area contributed by atoms with Crippen molar-refractivity contribution < 1.29 is 14.3 Å². The monoisotopic (exact) mass is 225 g/mol. The van der Waals surface area contributed by atoms with Gasteiger partial charge in [0, 0.05) is 6.54 Å². The van der Waals surface area contributed by atoms with E-state index in [2.05, 4.69) is 0 Å². The van der Waals surface area contributed by atoms with Crippen molar-refractivity contribution in [1.82, 2.24) is 4.90 Å². The predicted octanol–water partition coefficient (Wildman–Crippen LogP) is 1.97. The first kappa shape index (κ1) is 11.4. The fraction of sp³-hybridized carbons (Fsp3) is 0.833. The van der Waals surface area contributed by atoms with Gasteiger partial charge in [0.15, 0.2) is 0 Å². The summed E-state index contributed by atoms with van der Waals surface area (Å²) in [6.45, 7) is 6.20. The van der Waals surface area contributed by atoms with Crippen molar-refractivity contribution in [1.29, 1.82) is 0 Å². The lowest BCUT2D eigenvalue weighted by atomic mass is 10.0. The minimum absolute atomic E-state index is 0.239. The van der Waals surface area contributed by atoms with Gasteiger partial charge < -0.3 is 9.53 Å². The molecule has 1 aliphatic carbocycles. The molecule has 1 heterocycles. The quantitative estimate of drug-likeness (QED) is 0.641. The molecular weight excluding hydrogens is 206 g/mol. The van der Waals surface area contributed by atoms with Crippen LogP contribution in [0.1, 0.15) is 40.0 Å². The van der Waals surface area contributed by atoms with Crippen LogP contribution in [0.25, 0.3) is 0 Å². The second-order valence-corrected chi connectivity index (χ2v) is 6.02. The molecule has 16 heavy (non-hydrogen) atoms. The average molecular weight is 225 g/mol. The van der Waals surface area contributed by atoms with E-state index in [0.29, 0.717) is 6.54 Å². The summed E-state index contributed by atoms with van der Waals surface area (Å²) in [4.78, 5) is 24.4. The van der Waals surface area contributed by atoms with E-state index in [0.717, 1.165) is 25.5 Å². The fourth-order valence-corrected chi connectivity index (χ4v) is 2.28. The minimum atomic E-state index is -0.496. The normalized spacial score (nSPS) is 26.9. The number of amides is 1. The average Bonchev–Trinajstić information content (AvgIpc) is 2.75. The molecule has 1 saturated heterocycles. The third kappa shape index (κ3) is 2.20. The van der Waals surface area contributed by atoms with Crippen LogP contribution in [-0.2, 0) is 9.53 Å². The molecule has 1 atom stereocenters. The highest BCUT2D eigenvalue weighted by Gasteiger charge is 2.53. The number of likely N-dealkylation sites (tertiary alicyclic amines) is 1. The van der Waals surface area contributed by atoms with E-state index in [1.807, 2.05) is 20.8 Å². The van der Waals surface area contributed by atoms with Crippen LogP contribution in [0.4, 0.5) is 4.79 Å². The van der Waals surface area contributed by atoms with Crippen LogP contribution in [-0.4, -0.2) is 35.5 Å². The molecule has 1 aliphatic heterocycles. The number of carbonyl (C=O) groups excluding carboxylic acids is 2. The minimum Gasteiger partial charge on any atom is -0.444 e. The zero-order valence-electron chi connectivity index (χ0n) is 10.2. The SMILES string of the molecule is CC(C)(C)OC(=O)N1CC2(CC2)C[C@H]1C=O. The Hall–Kier alpha value is -1.06. The van der Waals surface area contributed by atoms with Crippen LogP contribution < -0.4 is 0 Å². The molecule has 0 aromatic carbocycles. The van der Waals surface area contributed by atoms with Crippen molar-refractivity contribution in [3.8, 4) is 0 Å². The van der Waals surface area contributed by atoms with Gasteiger partial charge in [-0.2, -0.15) is 0 Å². The zero-order chi connectivity index (χ0) is 12.0. The predicted molar refractivity (Wildman–Crippen MR) is 59.1 cm³/mol. The largest absolute Gasteiger partial charge is 0.444 e. The molecule has 90 valence electrons. The molecule has 0 N–H and O–H groups in total. The Morgan fingerprint density at radius 3 is 2.50 bits per heavy atom. The van der Waals surface area contributed by atoms with Crippen LogP contribution in [0.15, 0.2) is 0 Å². The van der Waals surface area contributed by atoms with Gasteiger partial charge in [-0.3, -0.25) is 4.90 Å². The summed E-state index contributed by atoms with van der Waals surface area (Å²) in [6, 6.07) is -0.280. The molecule has 0 radical (unpaired) electrons. The van der Waals surface area contributed by atoms with Crippen molar-refractivity contribution >= 4 is 12.4 Å². The summed E-state index contributed by atoms with van der Waals surface area (Å²) < 4.78 is 5.30. The highest BCUT2D eigenvalue weighted by Crippen LogP contribution is 2.54. The van der Waals surface area contributed by atoms with E-state index in [1.54, 1.807) is 4.90 Å². The highest BCUT2D eigenvalue weighted by atomic mass is 16.6. The molecule has 2 fully saturated rings. The molecule has 1 spiro atoms. The van der Waals surface area contributed by atoms with Gasteiger partial charge >= 0.3 is 6.09 Å². The summed E-state index contributed by atoms with van der Waals surface area (Å²) in [6.07, 6.45) is 3.60. The van der Waals surface area contributed by atoms with Gasteiger partial charge in [-0.15, -0.1) is 0 Å². The maximum Gasteiger partial charge on any atom is 0.410 e. The van der Waals surface area contributed by atoms with Gasteiger partial charge in [-0.05, 0) is 45.4 Å². The van der Waals surface area contributed by atoms with E-state index in [1.165, 1.54) is 0 Å². The van der Waals surface area contributed by atoms with Gasteiger partial charge in [0.05, 0.1) is 6.04 Å². The Morgan fingerprint density at radius 2 is 2.06 bits per heavy atom. The van der Waals surface area contributed by atoms with E-state index >= 15 is 0 Å². The van der Waals surface area contributed by atoms with Crippen molar-refractivity contribution in [2.75, 3.05) is 6.54 Å². The standard InChI is InChI=1S/C12H19NO3/c1-11(2,3)16-10(15)13-8-12(4-5-12)6-9(13)7-14/h7,9H,4-6,8H2,1-3H3/t9-/m0/s1. The second-order valence-electron chi connectivity index (χ2n) is 6.02. The van der Waals surface area contributed by atoms with E-state index in [-0.39, 0.29) is 17.6 Å². The van der Waals surface area contributed by atoms with E-state index < -0.39 is 5.60 Å². The molecule has 0 aromatic rings. The first-order valence-corrected chi connectivity index (χ1v) is 5.80. The molecule has 0 bridgehead atoms. The van der Waals surface area contributed by atoms with Crippen LogP contribution in [0.5, 0.6) is 0 Å². The van der Waals surface area contributed by atoms with Gasteiger partial charge in [0.25, 0.3) is 0 Å². The number of aldehydes is 1. The van der Waals surface area contributed by atoms with Crippen LogP contribution in [0.2, 0.25) is 0 Å². The van der Waals surface area contributed by atoms with Crippen molar-refractivity contribution in [2.45, 2.75) is 51.7 Å². The van der Waals surface area contributed by atoms with E-state index in [9.17, 15) is 9.59 Å². The third-order valence-electron chi connectivity index (χ3n) is 3.29. The Bertz CT molecular complexity index is 315. The van der Waals surface area contributed by atoms with Crippen molar-refractivity contribution in [3.63, 3.8) is 0 Å². The molecule has 4 heteroatoms. The molecule has 2 aliphatic rings. The summed E-state index contributed by atoms with van der Waals surface area (Å²) in [7, 11) is 0. The number of ether oxygens (including phenoxy) is 1.